The molecule has 1 aliphatic rings. The van der Waals surface area contributed by atoms with Gasteiger partial charge in [0.05, 0.1) is 5.60 Å². The number of methoxy groups -OCH3 is 1. The first-order valence-corrected chi connectivity index (χ1v) is 6.59. The molecule has 2 N–H and O–H groups in total. The predicted octanol–water partition coefficient (Wildman–Crippen LogP) is 2.92. The number of aromatic nitrogens is 1. The third kappa shape index (κ3) is 2.24. The fourth-order valence-corrected chi connectivity index (χ4v) is 2.57. The van der Waals surface area contributed by atoms with E-state index < -0.39 is 0 Å². The molecule has 2 aromatic rings. The summed E-state index contributed by atoms with van der Waals surface area (Å²) in [6, 6.07) is 7.27. The number of nitrogens with zero attached hydrogens (tertiary/aromatic N) is 1. The molecule has 1 heterocycles. The quantitative estimate of drug-likeness (QED) is 0.885. The highest BCUT2D eigenvalue weighted by atomic mass is 16.5. The molecule has 19 heavy (non-hydrogen) atoms. The first-order valence-electron chi connectivity index (χ1n) is 6.59. The number of hydrogen-bond acceptors (Lipinski definition) is 4. The van der Waals surface area contributed by atoms with E-state index in [1.165, 1.54) is 6.42 Å². The molecule has 100 valence electrons. The summed E-state index contributed by atoms with van der Waals surface area (Å²) >= 11 is 0. The number of phenols is 1. The van der Waals surface area contributed by atoms with Crippen molar-refractivity contribution in [3.05, 3.63) is 30.5 Å². The second-order valence-corrected chi connectivity index (χ2v) is 5.16. The molecule has 0 amide bonds. The average molecular weight is 258 g/mol. The Bertz CT molecular complexity index is 588. The van der Waals surface area contributed by atoms with Gasteiger partial charge >= 0.3 is 0 Å². The van der Waals surface area contributed by atoms with Gasteiger partial charge in [0, 0.05) is 25.2 Å². The van der Waals surface area contributed by atoms with Crippen LogP contribution >= 0.6 is 0 Å². The van der Waals surface area contributed by atoms with Gasteiger partial charge in [-0.15, -0.1) is 0 Å². The van der Waals surface area contributed by atoms with E-state index in [9.17, 15) is 5.11 Å². The highest BCUT2D eigenvalue weighted by Gasteiger charge is 2.36. The number of hydrogen-bond donors (Lipinski definition) is 2. The number of nitrogens with one attached hydrogen (secondary N) is 1. The van der Waals surface area contributed by atoms with Crippen molar-refractivity contribution >= 4 is 16.6 Å². The Morgan fingerprint density at radius 3 is 2.89 bits per heavy atom. The number of fused-ring (bicyclic) bond motifs is 1. The van der Waals surface area contributed by atoms with Gasteiger partial charge in [-0.2, -0.15) is 0 Å². The van der Waals surface area contributed by atoms with Crippen LogP contribution in [0.4, 0.5) is 5.82 Å². The number of anilines is 1. The minimum atomic E-state index is -0.0410. The van der Waals surface area contributed by atoms with Gasteiger partial charge in [-0.05, 0) is 42.8 Å². The molecule has 0 spiro atoms. The predicted molar refractivity (Wildman–Crippen MR) is 75.5 cm³/mol. The van der Waals surface area contributed by atoms with E-state index >= 15 is 0 Å². The molecule has 1 aromatic heterocycles. The maximum atomic E-state index is 9.61. The Morgan fingerprint density at radius 1 is 1.37 bits per heavy atom. The molecular formula is C15H18N2O2. The molecule has 0 aliphatic heterocycles. The first-order chi connectivity index (χ1) is 9.22. The molecule has 4 heteroatoms. The van der Waals surface area contributed by atoms with Crippen LogP contribution in [0, 0.1) is 0 Å². The van der Waals surface area contributed by atoms with Crippen LogP contribution in [-0.2, 0) is 4.74 Å². The monoisotopic (exact) mass is 258 g/mol. The minimum Gasteiger partial charge on any atom is -0.508 e. The van der Waals surface area contributed by atoms with Crippen molar-refractivity contribution in [2.45, 2.75) is 24.9 Å². The van der Waals surface area contributed by atoms with Gasteiger partial charge in [0.2, 0.25) is 0 Å². The second-order valence-electron chi connectivity index (χ2n) is 5.16. The first kappa shape index (κ1) is 12.2. The molecule has 3 rings (SSSR count). The Labute approximate surface area is 112 Å². The molecule has 0 bridgehead atoms. The molecule has 0 unspecified atom stereocenters. The molecular weight excluding hydrogens is 240 g/mol. The van der Waals surface area contributed by atoms with Gasteiger partial charge < -0.3 is 15.2 Å². The van der Waals surface area contributed by atoms with Gasteiger partial charge in [0.1, 0.15) is 11.6 Å². The van der Waals surface area contributed by atoms with E-state index in [1.807, 2.05) is 12.1 Å². The van der Waals surface area contributed by atoms with Gasteiger partial charge in [-0.1, -0.05) is 6.07 Å². The summed E-state index contributed by atoms with van der Waals surface area (Å²) < 4.78 is 5.59. The maximum Gasteiger partial charge on any atom is 0.134 e. The van der Waals surface area contributed by atoms with Crippen LogP contribution in [-0.4, -0.2) is 29.3 Å². The van der Waals surface area contributed by atoms with Crippen LogP contribution < -0.4 is 5.32 Å². The largest absolute Gasteiger partial charge is 0.508 e. The van der Waals surface area contributed by atoms with Crippen LogP contribution in [0.1, 0.15) is 19.3 Å². The zero-order valence-corrected chi connectivity index (χ0v) is 11.0. The lowest BCUT2D eigenvalue weighted by atomic mass is 9.80. The van der Waals surface area contributed by atoms with Gasteiger partial charge in [-0.25, -0.2) is 4.98 Å². The van der Waals surface area contributed by atoms with Crippen molar-refractivity contribution in [1.29, 1.82) is 0 Å². The molecule has 1 aromatic carbocycles. The van der Waals surface area contributed by atoms with Crippen LogP contribution in [0.2, 0.25) is 0 Å². The SMILES string of the molecule is COC1(CNc2nccc3ccc(O)cc23)CCC1. The van der Waals surface area contributed by atoms with E-state index in [2.05, 4.69) is 10.3 Å². The number of pyridine rings is 1. The smallest absolute Gasteiger partial charge is 0.134 e. The van der Waals surface area contributed by atoms with Gasteiger partial charge in [-0.3, -0.25) is 0 Å². The van der Waals surface area contributed by atoms with Crippen LogP contribution in [0.5, 0.6) is 5.75 Å². The normalized spacial score (nSPS) is 17.1. The minimum absolute atomic E-state index is 0.0410. The molecule has 1 aliphatic carbocycles. The molecule has 1 saturated carbocycles. The Balaban J connectivity index is 1.86. The fourth-order valence-electron chi connectivity index (χ4n) is 2.57. The van der Waals surface area contributed by atoms with Crippen molar-refractivity contribution < 1.29 is 9.84 Å². The van der Waals surface area contributed by atoms with E-state index in [0.29, 0.717) is 0 Å². The van der Waals surface area contributed by atoms with E-state index in [0.717, 1.165) is 36.0 Å². The molecule has 1 fully saturated rings. The van der Waals surface area contributed by atoms with E-state index in [1.54, 1.807) is 25.4 Å². The van der Waals surface area contributed by atoms with Crippen LogP contribution in [0.25, 0.3) is 10.8 Å². The number of ether oxygens (including phenoxy) is 1. The number of benzene rings is 1. The number of phenolic OH excluding ortho intramolecular Hbond substituents is 1. The highest BCUT2D eigenvalue weighted by Crippen LogP contribution is 2.35. The summed E-state index contributed by atoms with van der Waals surface area (Å²) in [5.41, 5.74) is -0.0410. The zero-order chi connectivity index (χ0) is 13.3. The average Bonchev–Trinajstić information content (AvgIpc) is 2.38. The third-order valence-corrected chi connectivity index (χ3v) is 4.03. The van der Waals surface area contributed by atoms with E-state index in [-0.39, 0.29) is 11.4 Å². The van der Waals surface area contributed by atoms with Crippen molar-refractivity contribution in [2.75, 3.05) is 19.0 Å². The molecule has 0 radical (unpaired) electrons. The lowest BCUT2D eigenvalue weighted by molar-refractivity contribution is -0.0601. The topological polar surface area (TPSA) is 54.4 Å². The zero-order valence-electron chi connectivity index (χ0n) is 11.0. The Kier molecular flexibility index (Phi) is 3.03. The highest BCUT2D eigenvalue weighted by molar-refractivity contribution is 5.92. The summed E-state index contributed by atoms with van der Waals surface area (Å²) in [7, 11) is 1.77. The van der Waals surface area contributed by atoms with Crippen molar-refractivity contribution in [3.63, 3.8) is 0 Å². The summed E-state index contributed by atoms with van der Waals surface area (Å²) in [6.07, 6.45) is 5.18. The maximum absolute atomic E-state index is 9.61. The summed E-state index contributed by atoms with van der Waals surface area (Å²) in [5.74, 6) is 1.06. The van der Waals surface area contributed by atoms with Crippen molar-refractivity contribution in [1.82, 2.24) is 4.98 Å². The second kappa shape index (κ2) is 4.70. The lowest BCUT2D eigenvalue weighted by Crippen LogP contribution is -2.45. The standard InChI is InChI=1S/C15H18N2O2/c1-19-15(6-2-7-15)10-17-14-13-9-12(18)4-3-11(13)5-8-16-14/h3-5,8-9,18H,2,6-7,10H2,1H3,(H,16,17). The number of aromatic hydroxyl groups is 1. The third-order valence-electron chi connectivity index (χ3n) is 4.03. The van der Waals surface area contributed by atoms with Crippen molar-refractivity contribution in [2.24, 2.45) is 0 Å². The van der Waals surface area contributed by atoms with Gasteiger partial charge in [0.15, 0.2) is 0 Å². The summed E-state index contributed by atoms with van der Waals surface area (Å²) in [6.45, 7) is 0.755. The summed E-state index contributed by atoms with van der Waals surface area (Å²) in [5, 5.41) is 15.0. The Morgan fingerprint density at radius 2 is 2.21 bits per heavy atom. The van der Waals surface area contributed by atoms with Crippen LogP contribution in [0.15, 0.2) is 30.5 Å². The molecule has 0 saturated heterocycles. The number of rotatable bonds is 4. The van der Waals surface area contributed by atoms with E-state index in [4.69, 9.17) is 4.74 Å². The lowest BCUT2D eigenvalue weighted by Gasteiger charge is -2.40. The van der Waals surface area contributed by atoms with Crippen LogP contribution in [0.3, 0.4) is 0 Å². The van der Waals surface area contributed by atoms with Gasteiger partial charge in [0.25, 0.3) is 0 Å². The van der Waals surface area contributed by atoms with Crippen molar-refractivity contribution in [3.8, 4) is 5.75 Å². The molecule has 4 nitrogen and oxygen atoms in total. The summed E-state index contributed by atoms with van der Waals surface area (Å²) in [4.78, 5) is 4.37. The Hall–Kier alpha value is -1.81. The fraction of sp³-hybridized carbons (Fsp3) is 0.400. The molecule has 0 atom stereocenters.